The Morgan fingerprint density at radius 1 is 1.25 bits per heavy atom. The molecule has 4 nitrogen and oxygen atoms in total. The molecule has 1 aliphatic rings. The second-order valence-electron chi connectivity index (χ2n) is 6.04. The number of hydrogen-bond acceptors (Lipinski definition) is 3. The lowest BCUT2D eigenvalue weighted by Crippen LogP contribution is -3.15. The number of quaternary nitrogens is 1. The minimum Gasteiger partial charge on any atom is -0.370 e. The number of anilines is 1. The molecule has 3 N–H and O–H groups in total. The Hall–Kier alpha value is -1.47. The standard InChI is InChI=1S/C18H23N3OS2/c1-14-4-6-15(7-5-14)20-18(23)19-13-16(17-3-2-12-24-17)21-8-10-22-11-9-21/h2-7,12,16H,8-11,13H2,1H3,(H2,19,20,23)/p+1/t16-/m1/s1. The van der Waals surface area contributed by atoms with Crippen LogP contribution < -0.4 is 15.5 Å². The normalized spacial score (nSPS) is 16.5. The van der Waals surface area contributed by atoms with Crippen molar-refractivity contribution in [1.29, 1.82) is 0 Å². The van der Waals surface area contributed by atoms with Crippen LogP contribution >= 0.6 is 23.6 Å². The Morgan fingerprint density at radius 2 is 2.00 bits per heavy atom. The Bertz CT molecular complexity index is 637. The molecule has 1 fully saturated rings. The van der Waals surface area contributed by atoms with E-state index in [0.717, 1.165) is 38.5 Å². The third kappa shape index (κ3) is 4.77. The molecule has 6 heteroatoms. The molecule has 2 aromatic rings. The maximum atomic E-state index is 5.51. The SMILES string of the molecule is Cc1ccc(NC(=S)NC[C@H](c2cccs2)[NH+]2CCOCC2)cc1. The van der Waals surface area contributed by atoms with E-state index in [1.54, 1.807) is 4.90 Å². The number of nitrogens with one attached hydrogen (secondary N) is 3. The van der Waals surface area contributed by atoms with Crippen LogP contribution in [0.2, 0.25) is 0 Å². The summed E-state index contributed by atoms with van der Waals surface area (Å²) in [5, 5.41) is 9.48. The topological polar surface area (TPSA) is 37.7 Å². The van der Waals surface area contributed by atoms with E-state index < -0.39 is 0 Å². The van der Waals surface area contributed by atoms with E-state index in [-0.39, 0.29) is 0 Å². The lowest BCUT2D eigenvalue weighted by Gasteiger charge is -2.31. The van der Waals surface area contributed by atoms with Crippen LogP contribution in [0.3, 0.4) is 0 Å². The molecule has 0 aliphatic carbocycles. The van der Waals surface area contributed by atoms with Gasteiger partial charge in [-0.2, -0.15) is 0 Å². The summed E-state index contributed by atoms with van der Waals surface area (Å²) in [5.74, 6) is 0. The number of thiophene rings is 1. The Kier molecular flexibility index (Phi) is 6.20. The zero-order chi connectivity index (χ0) is 16.8. The van der Waals surface area contributed by atoms with E-state index in [4.69, 9.17) is 17.0 Å². The molecule has 2 heterocycles. The van der Waals surface area contributed by atoms with E-state index >= 15 is 0 Å². The average molecular weight is 363 g/mol. The summed E-state index contributed by atoms with van der Waals surface area (Å²) >= 11 is 7.28. The van der Waals surface area contributed by atoms with Gasteiger partial charge in [0, 0.05) is 5.69 Å². The molecule has 24 heavy (non-hydrogen) atoms. The van der Waals surface area contributed by atoms with Crippen molar-refractivity contribution in [2.75, 3.05) is 38.2 Å². The van der Waals surface area contributed by atoms with Crippen LogP contribution in [0.1, 0.15) is 16.5 Å². The maximum Gasteiger partial charge on any atom is 0.171 e. The molecular formula is C18H24N3OS2+. The highest BCUT2D eigenvalue weighted by molar-refractivity contribution is 7.80. The highest BCUT2D eigenvalue weighted by Gasteiger charge is 2.27. The number of aryl methyl sites for hydroxylation is 1. The van der Waals surface area contributed by atoms with E-state index in [1.807, 2.05) is 23.5 Å². The average Bonchev–Trinajstić information content (AvgIpc) is 3.12. The van der Waals surface area contributed by atoms with Crippen molar-refractivity contribution in [3.8, 4) is 0 Å². The predicted molar refractivity (Wildman–Crippen MR) is 104 cm³/mol. The molecule has 3 rings (SSSR count). The van der Waals surface area contributed by atoms with Gasteiger partial charge in [0.1, 0.15) is 19.1 Å². The number of hydrogen-bond donors (Lipinski definition) is 3. The van der Waals surface area contributed by atoms with Crippen LogP contribution in [-0.2, 0) is 4.74 Å². The molecule has 1 aliphatic heterocycles. The van der Waals surface area contributed by atoms with Crippen molar-refractivity contribution in [3.05, 3.63) is 52.2 Å². The summed E-state index contributed by atoms with van der Waals surface area (Å²) in [4.78, 5) is 2.96. The van der Waals surface area contributed by atoms with Crippen molar-refractivity contribution in [1.82, 2.24) is 5.32 Å². The quantitative estimate of drug-likeness (QED) is 0.712. The van der Waals surface area contributed by atoms with Gasteiger partial charge in [0.25, 0.3) is 0 Å². The monoisotopic (exact) mass is 362 g/mol. The van der Waals surface area contributed by atoms with Crippen molar-refractivity contribution in [2.24, 2.45) is 0 Å². The second-order valence-corrected chi connectivity index (χ2v) is 7.43. The first-order valence-corrected chi connectivity index (χ1v) is 9.58. The van der Waals surface area contributed by atoms with Gasteiger partial charge in [0.2, 0.25) is 0 Å². The van der Waals surface area contributed by atoms with E-state index in [9.17, 15) is 0 Å². The first-order valence-electron chi connectivity index (χ1n) is 8.29. The number of benzene rings is 1. The molecular weight excluding hydrogens is 338 g/mol. The summed E-state index contributed by atoms with van der Waals surface area (Å²) in [6, 6.07) is 13.0. The minimum absolute atomic E-state index is 0.409. The smallest absolute Gasteiger partial charge is 0.171 e. The zero-order valence-corrected chi connectivity index (χ0v) is 15.5. The zero-order valence-electron chi connectivity index (χ0n) is 13.9. The molecule has 0 spiro atoms. The summed E-state index contributed by atoms with van der Waals surface area (Å²) in [5.41, 5.74) is 2.26. The van der Waals surface area contributed by atoms with E-state index in [2.05, 4.69) is 47.2 Å². The summed E-state index contributed by atoms with van der Waals surface area (Å²) in [6.07, 6.45) is 0. The largest absolute Gasteiger partial charge is 0.370 e. The highest BCUT2D eigenvalue weighted by atomic mass is 32.1. The van der Waals surface area contributed by atoms with Gasteiger partial charge < -0.3 is 20.3 Å². The van der Waals surface area contributed by atoms with Crippen LogP contribution in [0.15, 0.2) is 41.8 Å². The van der Waals surface area contributed by atoms with Crippen LogP contribution in [0, 0.1) is 6.92 Å². The van der Waals surface area contributed by atoms with Crippen LogP contribution in [0.5, 0.6) is 0 Å². The van der Waals surface area contributed by atoms with Gasteiger partial charge in [0.05, 0.1) is 24.6 Å². The third-order valence-corrected chi connectivity index (χ3v) is 5.52. The van der Waals surface area contributed by atoms with Crippen molar-refractivity contribution < 1.29 is 9.64 Å². The molecule has 1 atom stereocenters. The third-order valence-electron chi connectivity index (χ3n) is 4.29. The Balaban J connectivity index is 1.58. The summed E-state index contributed by atoms with van der Waals surface area (Å²) < 4.78 is 5.51. The van der Waals surface area contributed by atoms with Crippen LogP contribution in [0.4, 0.5) is 5.69 Å². The summed E-state index contributed by atoms with van der Waals surface area (Å²) in [7, 11) is 0. The van der Waals surface area contributed by atoms with Crippen molar-refractivity contribution in [3.63, 3.8) is 0 Å². The minimum atomic E-state index is 0.409. The molecule has 0 amide bonds. The molecule has 0 saturated carbocycles. The predicted octanol–water partition coefficient (Wildman–Crippen LogP) is 2.00. The number of rotatable bonds is 5. The van der Waals surface area contributed by atoms with Gasteiger partial charge in [-0.3, -0.25) is 0 Å². The molecule has 1 aromatic heterocycles. The summed E-state index contributed by atoms with van der Waals surface area (Å²) in [6.45, 7) is 6.67. The molecule has 0 unspecified atom stereocenters. The number of thiocarbonyl (C=S) groups is 1. The van der Waals surface area contributed by atoms with Gasteiger partial charge in [0.15, 0.2) is 5.11 Å². The fourth-order valence-corrected chi connectivity index (χ4v) is 4.01. The fourth-order valence-electron chi connectivity index (χ4n) is 2.92. The van der Waals surface area contributed by atoms with Crippen molar-refractivity contribution >= 4 is 34.4 Å². The van der Waals surface area contributed by atoms with Crippen molar-refractivity contribution in [2.45, 2.75) is 13.0 Å². The Morgan fingerprint density at radius 3 is 2.67 bits per heavy atom. The molecule has 128 valence electrons. The maximum absolute atomic E-state index is 5.51. The fraction of sp³-hybridized carbons (Fsp3) is 0.389. The molecule has 0 radical (unpaired) electrons. The lowest BCUT2D eigenvalue weighted by molar-refractivity contribution is -0.937. The van der Waals surface area contributed by atoms with Crippen LogP contribution in [-0.4, -0.2) is 38.0 Å². The Labute approximate surface area is 152 Å². The first kappa shape index (κ1) is 17.4. The van der Waals surface area contributed by atoms with Gasteiger partial charge >= 0.3 is 0 Å². The lowest BCUT2D eigenvalue weighted by atomic mass is 10.2. The second kappa shape index (κ2) is 8.58. The van der Waals surface area contributed by atoms with Crippen LogP contribution in [0.25, 0.3) is 0 Å². The highest BCUT2D eigenvalue weighted by Crippen LogP contribution is 2.16. The molecule has 1 aromatic carbocycles. The van der Waals surface area contributed by atoms with Gasteiger partial charge in [-0.05, 0) is 42.7 Å². The first-order chi connectivity index (χ1) is 11.7. The molecule has 0 bridgehead atoms. The van der Waals surface area contributed by atoms with Gasteiger partial charge in [-0.15, -0.1) is 11.3 Å². The van der Waals surface area contributed by atoms with Gasteiger partial charge in [-0.25, -0.2) is 0 Å². The number of morpholine rings is 1. The van der Waals surface area contributed by atoms with E-state index in [0.29, 0.717) is 11.2 Å². The number of ether oxygens (including phenoxy) is 1. The van der Waals surface area contributed by atoms with E-state index in [1.165, 1.54) is 10.4 Å². The van der Waals surface area contributed by atoms with Gasteiger partial charge in [-0.1, -0.05) is 23.8 Å². The molecule has 1 saturated heterocycles.